The number of carbonyl (C=O) groups is 1. The number of rotatable bonds is 4. The highest BCUT2D eigenvalue weighted by Gasteiger charge is 2.18. The first-order valence-corrected chi connectivity index (χ1v) is 5.74. The smallest absolute Gasteiger partial charge is 0.273 e. The predicted molar refractivity (Wildman–Crippen MR) is 65.2 cm³/mol. The molecule has 1 N–H and O–H groups in total. The van der Waals surface area contributed by atoms with Crippen molar-refractivity contribution < 1.29 is 9.90 Å². The molecule has 0 bridgehead atoms. The van der Waals surface area contributed by atoms with Crippen LogP contribution in [0.1, 0.15) is 36.1 Å². The summed E-state index contributed by atoms with van der Waals surface area (Å²) < 4.78 is 0. The zero-order valence-corrected chi connectivity index (χ0v) is 10.9. The Bertz CT molecular complexity index is 410. The molecule has 6 heteroatoms. The van der Waals surface area contributed by atoms with Crippen LogP contribution in [0, 0.1) is 0 Å². The molecule has 0 saturated carbocycles. The highest BCUT2D eigenvalue weighted by Crippen LogP contribution is 2.17. The van der Waals surface area contributed by atoms with Gasteiger partial charge >= 0.3 is 0 Å². The Morgan fingerprint density at radius 2 is 2.24 bits per heavy atom. The fourth-order valence-electron chi connectivity index (χ4n) is 1.24. The van der Waals surface area contributed by atoms with E-state index in [1.807, 2.05) is 13.8 Å². The molecule has 1 rings (SSSR count). The van der Waals surface area contributed by atoms with Crippen LogP contribution in [0.25, 0.3) is 0 Å². The zero-order chi connectivity index (χ0) is 13.0. The van der Waals surface area contributed by atoms with Crippen molar-refractivity contribution in [3.63, 3.8) is 0 Å². The number of hydrogen-bond acceptors (Lipinski definition) is 4. The van der Waals surface area contributed by atoms with Crippen molar-refractivity contribution in [2.75, 3.05) is 20.2 Å². The second-order valence-electron chi connectivity index (χ2n) is 4.03. The topological polar surface area (TPSA) is 66.3 Å². The van der Waals surface area contributed by atoms with Gasteiger partial charge in [-0.15, -0.1) is 0 Å². The first kappa shape index (κ1) is 13.9. The number of hydrogen-bond donors (Lipinski definition) is 1. The van der Waals surface area contributed by atoms with Gasteiger partial charge in [0.2, 0.25) is 0 Å². The SMILES string of the molecule is CC(C)c1ncc(Cl)c(C(=O)N(C)CCO)n1. The van der Waals surface area contributed by atoms with Gasteiger partial charge in [0, 0.05) is 19.5 Å². The molecule has 1 aromatic rings. The molecule has 0 aliphatic rings. The minimum absolute atomic E-state index is 0.0953. The number of likely N-dealkylation sites (N-methyl/N-ethyl adjacent to an activating group) is 1. The number of nitrogens with zero attached hydrogens (tertiary/aromatic N) is 3. The number of halogens is 1. The molecule has 0 fully saturated rings. The van der Waals surface area contributed by atoms with Crippen molar-refractivity contribution in [2.24, 2.45) is 0 Å². The van der Waals surface area contributed by atoms with Gasteiger partial charge < -0.3 is 10.0 Å². The van der Waals surface area contributed by atoms with E-state index in [1.165, 1.54) is 11.1 Å². The summed E-state index contributed by atoms with van der Waals surface area (Å²) in [7, 11) is 1.59. The van der Waals surface area contributed by atoms with Gasteiger partial charge in [0.25, 0.3) is 5.91 Å². The van der Waals surface area contributed by atoms with Gasteiger partial charge in [0.15, 0.2) is 5.69 Å². The molecule has 0 unspecified atom stereocenters. The van der Waals surface area contributed by atoms with Crippen LogP contribution < -0.4 is 0 Å². The van der Waals surface area contributed by atoms with E-state index in [0.29, 0.717) is 5.82 Å². The van der Waals surface area contributed by atoms with Crippen LogP contribution in [0.2, 0.25) is 5.02 Å². The van der Waals surface area contributed by atoms with E-state index in [9.17, 15) is 4.79 Å². The lowest BCUT2D eigenvalue weighted by Crippen LogP contribution is -2.30. The molecule has 94 valence electrons. The van der Waals surface area contributed by atoms with E-state index in [2.05, 4.69) is 9.97 Å². The molecule has 17 heavy (non-hydrogen) atoms. The van der Waals surface area contributed by atoms with E-state index < -0.39 is 0 Å². The fraction of sp³-hybridized carbons (Fsp3) is 0.545. The normalized spacial score (nSPS) is 10.7. The Balaban J connectivity index is 3.03. The van der Waals surface area contributed by atoms with Crippen LogP contribution in [0.4, 0.5) is 0 Å². The quantitative estimate of drug-likeness (QED) is 0.883. The van der Waals surface area contributed by atoms with Gasteiger partial charge in [0.05, 0.1) is 17.8 Å². The molecule has 0 aliphatic heterocycles. The van der Waals surface area contributed by atoms with Crippen molar-refractivity contribution >= 4 is 17.5 Å². The van der Waals surface area contributed by atoms with Crippen LogP contribution in [-0.2, 0) is 0 Å². The minimum Gasteiger partial charge on any atom is -0.395 e. The highest BCUT2D eigenvalue weighted by molar-refractivity contribution is 6.33. The minimum atomic E-state index is -0.312. The number of carbonyl (C=O) groups excluding carboxylic acids is 1. The first-order valence-electron chi connectivity index (χ1n) is 5.36. The summed E-state index contributed by atoms with van der Waals surface area (Å²) in [5.74, 6) is 0.394. The van der Waals surface area contributed by atoms with Gasteiger partial charge in [-0.05, 0) is 0 Å². The maximum Gasteiger partial charge on any atom is 0.273 e. The van der Waals surface area contributed by atoms with E-state index in [-0.39, 0.29) is 35.7 Å². The average Bonchev–Trinajstić information content (AvgIpc) is 2.28. The molecule has 0 aromatic carbocycles. The summed E-state index contributed by atoms with van der Waals surface area (Å²) in [6, 6.07) is 0. The van der Waals surface area contributed by atoms with Crippen molar-refractivity contribution in [3.05, 3.63) is 22.7 Å². The molecule has 1 amide bonds. The summed E-state index contributed by atoms with van der Waals surface area (Å²) in [5, 5.41) is 9.01. The third kappa shape index (κ3) is 3.38. The maximum absolute atomic E-state index is 12.0. The second-order valence-corrected chi connectivity index (χ2v) is 4.44. The van der Waals surface area contributed by atoms with Crippen molar-refractivity contribution in [1.82, 2.24) is 14.9 Å². The zero-order valence-electron chi connectivity index (χ0n) is 10.1. The van der Waals surface area contributed by atoms with E-state index in [0.717, 1.165) is 0 Å². The number of amides is 1. The molecule has 0 spiro atoms. The molecule has 0 atom stereocenters. The van der Waals surface area contributed by atoms with Gasteiger partial charge in [-0.1, -0.05) is 25.4 Å². The molecular weight excluding hydrogens is 242 g/mol. The van der Waals surface area contributed by atoms with E-state index in [1.54, 1.807) is 7.05 Å². The standard InChI is InChI=1S/C11H16ClN3O2/c1-7(2)10-13-6-8(12)9(14-10)11(17)15(3)4-5-16/h6-7,16H,4-5H2,1-3H3. The third-order valence-corrected chi connectivity index (χ3v) is 2.54. The van der Waals surface area contributed by atoms with Gasteiger partial charge in [0.1, 0.15) is 5.82 Å². The largest absolute Gasteiger partial charge is 0.395 e. The lowest BCUT2D eigenvalue weighted by atomic mass is 10.2. The van der Waals surface area contributed by atoms with Crippen LogP contribution in [0.5, 0.6) is 0 Å². The Hall–Kier alpha value is -1.20. The summed E-state index contributed by atoms with van der Waals surface area (Å²) in [6.07, 6.45) is 1.43. The van der Waals surface area contributed by atoms with Crippen molar-refractivity contribution in [1.29, 1.82) is 0 Å². The summed E-state index contributed by atoms with van der Waals surface area (Å²) in [6.45, 7) is 4.03. The highest BCUT2D eigenvalue weighted by atomic mass is 35.5. The fourth-order valence-corrected chi connectivity index (χ4v) is 1.41. The first-order chi connectivity index (χ1) is 7.97. The Kier molecular flexibility index (Phi) is 4.84. The molecule has 0 saturated heterocycles. The van der Waals surface area contributed by atoms with E-state index in [4.69, 9.17) is 16.7 Å². The number of aliphatic hydroxyl groups excluding tert-OH is 1. The van der Waals surface area contributed by atoms with Gasteiger partial charge in [-0.25, -0.2) is 9.97 Å². The Morgan fingerprint density at radius 1 is 1.59 bits per heavy atom. The van der Waals surface area contributed by atoms with Crippen molar-refractivity contribution in [3.8, 4) is 0 Å². The monoisotopic (exact) mass is 257 g/mol. The summed E-state index contributed by atoms with van der Waals surface area (Å²) >= 11 is 5.91. The lowest BCUT2D eigenvalue weighted by molar-refractivity contribution is 0.0761. The van der Waals surface area contributed by atoms with Crippen molar-refractivity contribution in [2.45, 2.75) is 19.8 Å². The molecular formula is C11H16ClN3O2. The van der Waals surface area contributed by atoms with Crippen LogP contribution in [0.15, 0.2) is 6.20 Å². The average molecular weight is 258 g/mol. The van der Waals surface area contributed by atoms with Crippen LogP contribution >= 0.6 is 11.6 Å². The van der Waals surface area contributed by atoms with Gasteiger partial charge in [-0.2, -0.15) is 0 Å². The predicted octanol–water partition coefficient (Wildman–Crippen LogP) is 1.32. The molecule has 1 heterocycles. The molecule has 5 nitrogen and oxygen atoms in total. The van der Waals surface area contributed by atoms with Crippen LogP contribution in [0.3, 0.4) is 0 Å². The maximum atomic E-state index is 12.0. The number of aliphatic hydroxyl groups is 1. The summed E-state index contributed by atoms with van der Waals surface area (Å²) in [4.78, 5) is 21.6. The number of aromatic nitrogens is 2. The van der Waals surface area contributed by atoms with E-state index >= 15 is 0 Å². The second kappa shape index (κ2) is 5.93. The Labute approximate surface area is 105 Å². The lowest BCUT2D eigenvalue weighted by Gasteiger charge is -2.16. The Morgan fingerprint density at radius 3 is 2.76 bits per heavy atom. The molecule has 0 radical (unpaired) electrons. The summed E-state index contributed by atoms with van der Waals surface area (Å²) in [5.41, 5.74) is 0.182. The molecule has 1 aromatic heterocycles. The third-order valence-electron chi connectivity index (χ3n) is 2.26. The van der Waals surface area contributed by atoms with Gasteiger partial charge in [-0.3, -0.25) is 4.79 Å². The van der Waals surface area contributed by atoms with Crippen LogP contribution in [-0.4, -0.2) is 46.1 Å². The molecule has 0 aliphatic carbocycles.